The molecule has 0 bridgehead atoms. The smallest absolute Gasteiger partial charge is 0.265 e. The van der Waals surface area contributed by atoms with Crippen LogP contribution in [0.2, 0.25) is 0 Å². The Bertz CT molecular complexity index is 826. The third-order valence-corrected chi connectivity index (χ3v) is 6.19. The number of hydrogen-bond acceptors (Lipinski definition) is 4. The molecule has 1 aliphatic heterocycles. The molecule has 1 fully saturated rings. The summed E-state index contributed by atoms with van der Waals surface area (Å²) in [5.74, 6) is -0.810. The van der Waals surface area contributed by atoms with Gasteiger partial charge in [0.1, 0.15) is 10.7 Å². The first-order valence-corrected chi connectivity index (χ1v) is 9.35. The second-order valence-electron chi connectivity index (χ2n) is 7.06. The van der Waals surface area contributed by atoms with E-state index in [1.165, 1.54) is 28.4 Å². The maximum Gasteiger partial charge on any atom is 0.265 e. The topological polar surface area (TPSA) is 53.5 Å². The van der Waals surface area contributed by atoms with Crippen LogP contribution in [0.25, 0.3) is 0 Å². The molecule has 0 saturated carbocycles. The van der Waals surface area contributed by atoms with E-state index < -0.39 is 5.82 Å². The summed E-state index contributed by atoms with van der Waals surface area (Å²) < 4.78 is 13.9. The van der Waals surface area contributed by atoms with Crippen LogP contribution in [0.5, 0.6) is 0 Å². The Morgan fingerprint density at radius 2 is 1.88 bits per heavy atom. The van der Waals surface area contributed by atoms with Gasteiger partial charge in [0.15, 0.2) is 0 Å². The number of thiazole rings is 1. The maximum absolute atomic E-state index is 13.9. The Morgan fingerprint density at radius 1 is 1.23 bits per heavy atom. The minimum absolute atomic E-state index is 0.0514. The van der Waals surface area contributed by atoms with Crippen molar-refractivity contribution in [1.29, 1.82) is 0 Å². The molecule has 1 aromatic carbocycles. The van der Waals surface area contributed by atoms with Crippen molar-refractivity contribution in [2.45, 2.75) is 25.2 Å². The van der Waals surface area contributed by atoms with Gasteiger partial charge in [-0.15, -0.1) is 11.3 Å². The standard InChI is InChI=1S/C19H22FN3O2S/c1-19(18-21-12-15(26-18)17(25)22(2)3)8-10-23(11-9-19)16(24)13-6-4-5-7-14(13)20/h4-7,12H,8-11H2,1-3H3. The molecule has 0 atom stereocenters. The SMILES string of the molecule is CN(C)C(=O)c1cnc(C2(C)CCN(C(=O)c3ccccc3F)CC2)s1. The summed E-state index contributed by atoms with van der Waals surface area (Å²) in [6.07, 6.45) is 3.09. The number of carbonyl (C=O) groups excluding carboxylic acids is 2. The van der Waals surface area contributed by atoms with Gasteiger partial charge in [-0.05, 0) is 25.0 Å². The number of carbonyl (C=O) groups is 2. The number of likely N-dealkylation sites (tertiary alicyclic amines) is 1. The number of aromatic nitrogens is 1. The van der Waals surface area contributed by atoms with Gasteiger partial charge in [-0.2, -0.15) is 0 Å². The highest BCUT2D eigenvalue weighted by Gasteiger charge is 2.36. The van der Waals surface area contributed by atoms with Crippen molar-refractivity contribution >= 4 is 23.2 Å². The molecule has 5 nitrogen and oxygen atoms in total. The molecule has 2 heterocycles. The predicted octanol–water partition coefficient (Wildman–Crippen LogP) is 3.18. The van der Waals surface area contributed by atoms with Crippen molar-refractivity contribution in [2.24, 2.45) is 0 Å². The first-order chi connectivity index (χ1) is 12.3. The molecule has 7 heteroatoms. The lowest BCUT2D eigenvalue weighted by molar-refractivity contribution is 0.0671. The van der Waals surface area contributed by atoms with Gasteiger partial charge in [-0.25, -0.2) is 9.37 Å². The summed E-state index contributed by atoms with van der Waals surface area (Å²) in [6.45, 7) is 3.20. The van der Waals surface area contributed by atoms with Crippen LogP contribution in [0.1, 0.15) is 44.8 Å². The third kappa shape index (κ3) is 3.49. The van der Waals surface area contributed by atoms with Crippen molar-refractivity contribution in [3.8, 4) is 0 Å². The van der Waals surface area contributed by atoms with Crippen LogP contribution in [0.4, 0.5) is 4.39 Å². The highest BCUT2D eigenvalue weighted by atomic mass is 32.1. The van der Waals surface area contributed by atoms with Crippen LogP contribution in [0.15, 0.2) is 30.5 Å². The van der Waals surface area contributed by atoms with E-state index in [4.69, 9.17) is 0 Å². The van der Waals surface area contributed by atoms with E-state index in [1.54, 1.807) is 37.3 Å². The average Bonchev–Trinajstić information content (AvgIpc) is 3.12. The molecule has 26 heavy (non-hydrogen) atoms. The van der Waals surface area contributed by atoms with Crippen LogP contribution >= 0.6 is 11.3 Å². The van der Waals surface area contributed by atoms with Gasteiger partial charge < -0.3 is 9.80 Å². The minimum Gasteiger partial charge on any atom is -0.344 e. The van der Waals surface area contributed by atoms with Crippen LogP contribution in [0.3, 0.4) is 0 Å². The summed E-state index contributed by atoms with van der Waals surface area (Å²) in [5.41, 5.74) is -0.0640. The second kappa shape index (κ2) is 7.15. The number of amides is 2. The normalized spacial score (nSPS) is 16.4. The van der Waals surface area contributed by atoms with Gasteiger partial charge >= 0.3 is 0 Å². The number of nitrogens with zero attached hydrogens (tertiary/aromatic N) is 3. The lowest BCUT2D eigenvalue weighted by Gasteiger charge is -2.38. The Labute approximate surface area is 156 Å². The largest absolute Gasteiger partial charge is 0.344 e. The van der Waals surface area contributed by atoms with E-state index in [0.29, 0.717) is 18.0 Å². The first kappa shape index (κ1) is 18.5. The van der Waals surface area contributed by atoms with Crippen LogP contribution in [-0.2, 0) is 5.41 Å². The fourth-order valence-electron chi connectivity index (χ4n) is 3.09. The van der Waals surface area contributed by atoms with E-state index in [0.717, 1.165) is 17.8 Å². The van der Waals surface area contributed by atoms with Crippen molar-refractivity contribution in [3.05, 3.63) is 51.7 Å². The quantitative estimate of drug-likeness (QED) is 0.828. The van der Waals surface area contributed by atoms with E-state index in [2.05, 4.69) is 11.9 Å². The van der Waals surface area contributed by atoms with Gasteiger partial charge in [-0.1, -0.05) is 19.1 Å². The summed E-state index contributed by atoms with van der Waals surface area (Å²) in [5, 5.41) is 0.917. The Balaban J connectivity index is 1.70. The zero-order valence-electron chi connectivity index (χ0n) is 15.2. The molecular weight excluding hydrogens is 353 g/mol. The van der Waals surface area contributed by atoms with Gasteiger partial charge in [0.2, 0.25) is 0 Å². The Kier molecular flexibility index (Phi) is 5.09. The predicted molar refractivity (Wildman–Crippen MR) is 99.0 cm³/mol. The molecular formula is C19H22FN3O2S. The fourth-order valence-corrected chi connectivity index (χ4v) is 4.23. The van der Waals surface area contributed by atoms with Gasteiger partial charge in [0.25, 0.3) is 11.8 Å². The van der Waals surface area contributed by atoms with Crippen molar-refractivity contribution in [2.75, 3.05) is 27.2 Å². The highest BCUT2D eigenvalue weighted by molar-refractivity contribution is 7.13. The molecule has 0 aliphatic carbocycles. The summed E-state index contributed by atoms with van der Waals surface area (Å²) in [6, 6.07) is 6.07. The van der Waals surface area contributed by atoms with Crippen molar-refractivity contribution in [3.63, 3.8) is 0 Å². The van der Waals surface area contributed by atoms with E-state index in [9.17, 15) is 14.0 Å². The first-order valence-electron chi connectivity index (χ1n) is 8.53. The molecule has 1 aromatic heterocycles. The number of hydrogen-bond donors (Lipinski definition) is 0. The van der Waals surface area contributed by atoms with Crippen molar-refractivity contribution in [1.82, 2.24) is 14.8 Å². The molecule has 3 rings (SSSR count). The highest BCUT2D eigenvalue weighted by Crippen LogP contribution is 2.37. The fraction of sp³-hybridized carbons (Fsp3) is 0.421. The van der Waals surface area contributed by atoms with Gasteiger partial charge in [-0.3, -0.25) is 9.59 Å². The number of rotatable bonds is 3. The van der Waals surface area contributed by atoms with Crippen LogP contribution in [-0.4, -0.2) is 53.8 Å². The maximum atomic E-state index is 13.9. The monoisotopic (exact) mass is 375 g/mol. The molecule has 138 valence electrons. The van der Waals surface area contributed by atoms with Gasteiger partial charge in [0, 0.05) is 32.6 Å². The Morgan fingerprint density at radius 3 is 2.50 bits per heavy atom. The molecule has 2 aromatic rings. The molecule has 1 saturated heterocycles. The summed E-state index contributed by atoms with van der Waals surface area (Å²) >= 11 is 1.42. The molecule has 0 unspecified atom stereocenters. The van der Waals surface area contributed by atoms with Crippen molar-refractivity contribution < 1.29 is 14.0 Å². The molecule has 0 spiro atoms. The molecule has 0 N–H and O–H groups in total. The van der Waals surface area contributed by atoms with E-state index in [-0.39, 0.29) is 22.8 Å². The van der Waals surface area contributed by atoms with Crippen LogP contribution < -0.4 is 0 Å². The second-order valence-corrected chi connectivity index (χ2v) is 8.09. The lowest BCUT2D eigenvalue weighted by Crippen LogP contribution is -2.44. The number of piperidine rings is 1. The van der Waals surface area contributed by atoms with E-state index in [1.807, 2.05) is 0 Å². The average molecular weight is 375 g/mol. The van der Waals surface area contributed by atoms with Gasteiger partial charge in [0.05, 0.1) is 16.8 Å². The summed E-state index contributed by atoms with van der Waals surface area (Å²) in [4.78, 5) is 33.0. The minimum atomic E-state index is -0.488. The molecule has 1 aliphatic rings. The third-order valence-electron chi connectivity index (χ3n) is 4.90. The number of halogens is 1. The Hall–Kier alpha value is -2.28. The summed E-state index contributed by atoms with van der Waals surface area (Å²) in [7, 11) is 3.44. The zero-order chi connectivity index (χ0) is 18.9. The molecule has 2 amide bonds. The lowest BCUT2D eigenvalue weighted by atomic mass is 9.81. The van der Waals surface area contributed by atoms with Crippen LogP contribution in [0, 0.1) is 5.82 Å². The van der Waals surface area contributed by atoms with E-state index >= 15 is 0 Å². The number of benzene rings is 1. The zero-order valence-corrected chi connectivity index (χ0v) is 16.0. The molecule has 0 radical (unpaired) electrons.